The highest BCUT2D eigenvalue weighted by molar-refractivity contribution is 5.85. The average Bonchev–Trinajstić information content (AvgIpc) is 2.42. The van der Waals surface area contributed by atoms with E-state index in [0.717, 1.165) is 4.90 Å². The van der Waals surface area contributed by atoms with Crippen molar-refractivity contribution in [2.75, 3.05) is 19.6 Å². The van der Waals surface area contributed by atoms with Crippen molar-refractivity contribution in [3.05, 3.63) is 0 Å². The number of rotatable bonds is 4. The molecule has 0 aromatic rings. The summed E-state index contributed by atoms with van der Waals surface area (Å²) in [6.45, 7) is 4.19. The highest BCUT2D eigenvalue weighted by Crippen LogP contribution is 2.23. The van der Waals surface area contributed by atoms with Crippen LogP contribution >= 0.6 is 12.4 Å². The van der Waals surface area contributed by atoms with Crippen LogP contribution in [0.4, 0.5) is 13.2 Å². The van der Waals surface area contributed by atoms with E-state index in [4.69, 9.17) is 5.73 Å². The lowest BCUT2D eigenvalue weighted by molar-refractivity contribution is -0.186. The van der Waals surface area contributed by atoms with Crippen molar-refractivity contribution in [2.45, 2.75) is 38.9 Å². The Hall–Kier alpha value is -1.02. The molecule has 0 radical (unpaired) electrons. The van der Waals surface area contributed by atoms with E-state index in [2.05, 4.69) is 5.32 Å². The molecule has 0 aliphatic carbocycles. The van der Waals surface area contributed by atoms with Gasteiger partial charge in [0.15, 0.2) is 0 Å². The standard InChI is InChI=1S/C13H22F3N3O2.ClH/c1-8(2)10(17)11(20)18-7-9-3-5-19(6-4-9)12(21)13(14,15)16;/h8-10H,3-7,17H2,1-2H3,(H,18,20);1H/t10-;/m0./s1. The predicted octanol–water partition coefficient (Wildman–Crippen LogP) is 1.31. The fourth-order valence-electron chi connectivity index (χ4n) is 2.18. The number of carbonyl (C=O) groups excluding carboxylic acids is 2. The summed E-state index contributed by atoms with van der Waals surface area (Å²) < 4.78 is 36.9. The quantitative estimate of drug-likeness (QED) is 0.806. The Morgan fingerprint density at radius 2 is 1.77 bits per heavy atom. The van der Waals surface area contributed by atoms with Crippen LogP contribution in [0.5, 0.6) is 0 Å². The first-order valence-electron chi connectivity index (χ1n) is 7.02. The third kappa shape index (κ3) is 6.00. The number of carbonyl (C=O) groups is 2. The van der Waals surface area contributed by atoms with Gasteiger partial charge in [0.1, 0.15) is 0 Å². The minimum absolute atomic E-state index is 0. The molecule has 1 heterocycles. The lowest BCUT2D eigenvalue weighted by atomic mass is 9.96. The molecule has 2 amide bonds. The lowest BCUT2D eigenvalue weighted by Crippen LogP contribution is -2.48. The molecule has 0 aromatic heterocycles. The van der Waals surface area contributed by atoms with Gasteiger partial charge in [-0.15, -0.1) is 12.4 Å². The highest BCUT2D eigenvalue weighted by atomic mass is 35.5. The van der Waals surface area contributed by atoms with Crippen LogP contribution in [-0.2, 0) is 9.59 Å². The normalized spacial score (nSPS) is 17.9. The lowest BCUT2D eigenvalue weighted by Gasteiger charge is -2.32. The van der Waals surface area contributed by atoms with Crippen molar-refractivity contribution in [2.24, 2.45) is 17.6 Å². The largest absolute Gasteiger partial charge is 0.471 e. The predicted molar refractivity (Wildman–Crippen MR) is 78.4 cm³/mol. The van der Waals surface area contributed by atoms with Crippen LogP contribution in [0.1, 0.15) is 26.7 Å². The summed E-state index contributed by atoms with van der Waals surface area (Å²) in [6.07, 6.45) is -3.93. The van der Waals surface area contributed by atoms with Gasteiger partial charge in [0, 0.05) is 19.6 Å². The summed E-state index contributed by atoms with van der Waals surface area (Å²) in [7, 11) is 0. The third-order valence-corrected chi connectivity index (χ3v) is 3.73. The van der Waals surface area contributed by atoms with E-state index in [-0.39, 0.29) is 43.2 Å². The van der Waals surface area contributed by atoms with Crippen LogP contribution in [0.15, 0.2) is 0 Å². The van der Waals surface area contributed by atoms with Gasteiger partial charge in [0.2, 0.25) is 5.91 Å². The van der Waals surface area contributed by atoms with Gasteiger partial charge in [0.25, 0.3) is 0 Å². The van der Waals surface area contributed by atoms with Crippen molar-refractivity contribution in [3.63, 3.8) is 0 Å². The number of hydrogen-bond donors (Lipinski definition) is 2. The fourth-order valence-corrected chi connectivity index (χ4v) is 2.18. The van der Waals surface area contributed by atoms with Gasteiger partial charge in [0.05, 0.1) is 6.04 Å². The highest BCUT2D eigenvalue weighted by Gasteiger charge is 2.43. The number of nitrogens with zero attached hydrogens (tertiary/aromatic N) is 1. The van der Waals surface area contributed by atoms with Crippen LogP contribution in [0.3, 0.4) is 0 Å². The molecule has 130 valence electrons. The van der Waals surface area contributed by atoms with Crippen LogP contribution in [-0.4, -0.2) is 48.6 Å². The Morgan fingerprint density at radius 3 is 2.18 bits per heavy atom. The van der Waals surface area contributed by atoms with Crippen molar-refractivity contribution < 1.29 is 22.8 Å². The number of alkyl halides is 3. The number of piperidine rings is 1. The van der Waals surface area contributed by atoms with Crippen molar-refractivity contribution in [3.8, 4) is 0 Å². The van der Waals surface area contributed by atoms with Gasteiger partial charge in [-0.25, -0.2) is 0 Å². The molecular weight excluding hydrogens is 323 g/mol. The minimum atomic E-state index is -4.81. The van der Waals surface area contributed by atoms with Crippen molar-refractivity contribution in [1.82, 2.24) is 10.2 Å². The Balaban J connectivity index is 0.00000441. The summed E-state index contributed by atoms with van der Waals surface area (Å²) in [5.41, 5.74) is 5.70. The molecule has 0 aromatic carbocycles. The summed E-state index contributed by atoms with van der Waals surface area (Å²) in [5.74, 6) is -1.94. The molecule has 1 rings (SSSR count). The topological polar surface area (TPSA) is 75.4 Å². The van der Waals surface area contributed by atoms with E-state index in [9.17, 15) is 22.8 Å². The summed E-state index contributed by atoms with van der Waals surface area (Å²) in [5, 5.41) is 2.72. The van der Waals surface area contributed by atoms with E-state index in [1.165, 1.54) is 0 Å². The molecule has 3 N–H and O–H groups in total. The number of likely N-dealkylation sites (tertiary alicyclic amines) is 1. The SMILES string of the molecule is CC(C)[C@H](N)C(=O)NCC1CCN(C(=O)C(F)(F)F)CC1.Cl. The Morgan fingerprint density at radius 1 is 1.27 bits per heavy atom. The number of halogens is 4. The van der Waals surface area contributed by atoms with Crippen molar-refractivity contribution in [1.29, 1.82) is 0 Å². The summed E-state index contributed by atoms with van der Waals surface area (Å²) in [4.78, 5) is 23.6. The number of nitrogens with one attached hydrogen (secondary N) is 1. The molecule has 22 heavy (non-hydrogen) atoms. The number of amides is 2. The van der Waals surface area contributed by atoms with Crippen LogP contribution < -0.4 is 11.1 Å². The number of nitrogens with two attached hydrogens (primary N) is 1. The second-order valence-corrected chi connectivity index (χ2v) is 5.75. The summed E-state index contributed by atoms with van der Waals surface area (Å²) >= 11 is 0. The van der Waals surface area contributed by atoms with E-state index in [1.54, 1.807) is 0 Å². The van der Waals surface area contributed by atoms with Gasteiger partial charge >= 0.3 is 12.1 Å². The monoisotopic (exact) mass is 345 g/mol. The van der Waals surface area contributed by atoms with E-state index < -0.39 is 18.1 Å². The fraction of sp³-hybridized carbons (Fsp3) is 0.846. The molecule has 9 heteroatoms. The second-order valence-electron chi connectivity index (χ2n) is 5.75. The molecular formula is C13H23ClF3N3O2. The first kappa shape index (κ1) is 21.0. The summed E-state index contributed by atoms with van der Waals surface area (Å²) in [6, 6.07) is -0.586. The maximum atomic E-state index is 12.3. The van der Waals surface area contributed by atoms with Crippen LogP contribution in [0.25, 0.3) is 0 Å². The molecule has 1 aliphatic rings. The van der Waals surface area contributed by atoms with E-state index in [1.807, 2.05) is 13.8 Å². The second kappa shape index (κ2) is 8.57. The molecule has 1 fully saturated rings. The van der Waals surface area contributed by atoms with E-state index >= 15 is 0 Å². The third-order valence-electron chi connectivity index (χ3n) is 3.73. The van der Waals surface area contributed by atoms with Crippen LogP contribution in [0, 0.1) is 11.8 Å². The molecule has 1 saturated heterocycles. The maximum Gasteiger partial charge on any atom is 0.471 e. The maximum absolute atomic E-state index is 12.3. The molecule has 0 saturated carbocycles. The van der Waals surface area contributed by atoms with Gasteiger partial charge in [-0.3, -0.25) is 9.59 Å². The molecule has 0 bridgehead atoms. The minimum Gasteiger partial charge on any atom is -0.354 e. The van der Waals surface area contributed by atoms with Gasteiger partial charge in [-0.05, 0) is 24.7 Å². The number of hydrogen-bond acceptors (Lipinski definition) is 3. The molecule has 0 spiro atoms. The van der Waals surface area contributed by atoms with Gasteiger partial charge in [-0.2, -0.15) is 13.2 Å². The molecule has 1 aliphatic heterocycles. The zero-order valence-corrected chi connectivity index (χ0v) is 13.5. The molecule has 1 atom stereocenters. The van der Waals surface area contributed by atoms with Gasteiger partial charge < -0.3 is 16.0 Å². The van der Waals surface area contributed by atoms with Gasteiger partial charge in [-0.1, -0.05) is 13.8 Å². The van der Waals surface area contributed by atoms with E-state index in [0.29, 0.717) is 19.4 Å². The zero-order valence-electron chi connectivity index (χ0n) is 12.7. The Bertz CT molecular complexity index is 383. The zero-order chi connectivity index (χ0) is 16.2. The van der Waals surface area contributed by atoms with Crippen LogP contribution in [0.2, 0.25) is 0 Å². The molecule has 5 nitrogen and oxygen atoms in total. The van der Waals surface area contributed by atoms with Crippen molar-refractivity contribution >= 4 is 24.2 Å². The average molecular weight is 346 g/mol. The first-order valence-corrected chi connectivity index (χ1v) is 7.02. The molecule has 0 unspecified atom stereocenters. The smallest absolute Gasteiger partial charge is 0.354 e. The Labute approximate surface area is 134 Å². The Kier molecular flexibility index (Phi) is 8.17. The first-order chi connectivity index (χ1) is 9.62.